The predicted molar refractivity (Wildman–Crippen MR) is 68.0 cm³/mol. The second-order valence-electron chi connectivity index (χ2n) is 4.78. The highest BCUT2D eigenvalue weighted by Gasteiger charge is 2.18. The smallest absolute Gasteiger partial charge is 0.195 e. The number of nitrogens with zero attached hydrogens (tertiary/aromatic N) is 1. The zero-order chi connectivity index (χ0) is 14.2. The fraction of sp³-hybridized carbons (Fsp3) is 0.308. The zero-order valence-electron chi connectivity index (χ0n) is 10.6. The third-order valence-electron chi connectivity index (χ3n) is 2.76. The van der Waals surface area contributed by atoms with Crippen molar-refractivity contribution in [3.05, 3.63) is 35.3 Å². The summed E-state index contributed by atoms with van der Waals surface area (Å²) in [5.74, 6) is 1.56. The Labute approximate surface area is 108 Å². The first-order chi connectivity index (χ1) is 8.93. The predicted octanol–water partition coefficient (Wildman–Crippen LogP) is 3.14. The van der Waals surface area contributed by atoms with Crippen LogP contribution in [0, 0.1) is 23.4 Å². The van der Waals surface area contributed by atoms with Gasteiger partial charge in [0, 0.05) is 11.8 Å². The maximum absolute atomic E-state index is 13.8. The van der Waals surface area contributed by atoms with E-state index >= 15 is 0 Å². The van der Waals surface area contributed by atoms with Crippen LogP contribution in [0.1, 0.15) is 19.5 Å². The van der Waals surface area contributed by atoms with Crippen LogP contribution in [0.25, 0.3) is 10.9 Å². The van der Waals surface area contributed by atoms with Crippen LogP contribution in [0.15, 0.2) is 12.1 Å². The molecule has 102 valence electrons. The topological polar surface area (TPSA) is 50.9 Å². The van der Waals surface area contributed by atoms with Crippen LogP contribution in [-0.2, 0) is 6.42 Å². The van der Waals surface area contributed by atoms with E-state index in [1.807, 2.05) is 13.8 Å². The molecule has 1 aromatic carbocycles. The number of pyridine rings is 1. The molecule has 0 aliphatic rings. The lowest BCUT2D eigenvalue weighted by atomic mass is 10.0. The third kappa shape index (κ3) is 2.49. The average molecular weight is 269 g/mol. The van der Waals surface area contributed by atoms with Gasteiger partial charge in [-0.25, -0.2) is 13.2 Å². The van der Waals surface area contributed by atoms with E-state index in [0.29, 0.717) is 18.0 Å². The molecule has 0 bridgehead atoms. The molecule has 0 spiro atoms. The molecular weight excluding hydrogens is 255 g/mol. The van der Waals surface area contributed by atoms with Gasteiger partial charge in [0.1, 0.15) is 0 Å². The number of hydrogen-bond donors (Lipinski definition) is 2. The summed E-state index contributed by atoms with van der Waals surface area (Å²) in [4.78, 5) is 4.14. The van der Waals surface area contributed by atoms with Crippen molar-refractivity contribution in [2.45, 2.75) is 20.3 Å². The van der Waals surface area contributed by atoms with Gasteiger partial charge in [-0.1, -0.05) is 13.8 Å². The molecule has 0 aliphatic carbocycles. The summed E-state index contributed by atoms with van der Waals surface area (Å²) >= 11 is 0. The van der Waals surface area contributed by atoms with Crippen molar-refractivity contribution in [3.8, 4) is 0 Å². The average Bonchev–Trinajstić information content (AvgIpc) is 2.34. The fourth-order valence-corrected chi connectivity index (χ4v) is 1.99. The number of hydrazine groups is 1. The van der Waals surface area contributed by atoms with E-state index in [4.69, 9.17) is 5.84 Å². The molecule has 3 N–H and O–H groups in total. The van der Waals surface area contributed by atoms with Crippen LogP contribution in [0.4, 0.5) is 18.9 Å². The molecule has 0 saturated heterocycles. The molecule has 19 heavy (non-hydrogen) atoms. The number of halogens is 3. The second kappa shape index (κ2) is 5.05. The molecule has 0 saturated carbocycles. The van der Waals surface area contributed by atoms with E-state index < -0.39 is 17.5 Å². The van der Waals surface area contributed by atoms with E-state index in [1.54, 1.807) is 6.07 Å². The Balaban J connectivity index is 2.73. The van der Waals surface area contributed by atoms with Gasteiger partial charge in [0.05, 0.1) is 16.6 Å². The lowest BCUT2D eigenvalue weighted by Gasteiger charge is -2.11. The molecule has 1 aromatic heterocycles. The standard InChI is InChI=1S/C13H14F3N3/c1-6(2)3-7-4-10(19-17)11-9(18-7)5-8(14)12(15)13(11)16/h4-6H,3,17H2,1-2H3,(H,18,19). The summed E-state index contributed by atoms with van der Waals surface area (Å²) in [6.45, 7) is 3.99. The van der Waals surface area contributed by atoms with Crippen LogP contribution < -0.4 is 11.3 Å². The van der Waals surface area contributed by atoms with E-state index in [2.05, 4.69) is 10.4 Å². The molecule has 2 aromatic rings. The van der Waals surface area contributed by atoms with E-state index in [1.165, 1.54) is 0 Å². The summed E-state index contributed by atoms with van der Waals surface area (Å²) in [5.41, 5.74) is 3.18. The minimum absolute atomic E-state index is 0.0440. The number of anilines is 1. The number of nitrogen functional groups attached to an aromatic ring is 1. The van der Waals surface area contributed by atoms with Crippen molar-refractivity contribution in [3.63, 3.8) is 0 Å². The SMILES string of the molecule is CC(C)Cc1cc(NN)c2c(F)c(F)c(F)cc2n1. The van der Waals surface area contributed by atoms with E-state index in [-0.39, 0.29) is 16.6 Å². The minimum Gasteiger partial charge on any atom is -0.323 e. The van der Waals surface area contributed by atoms with Gasteiger partial charge >= 0.3 is 0 Å². The van der Waals surface area contributed by atoms with Crippen molar-refractivity contribution in [1.82, 2.24) is 4.98 Å². The maximum Gasteiger partial charge on any atom is 0.195 e. The lowest BCUT2D eigenvalue weighted by molar-refractivity contribution is 0.453. The van der Waals surface area contributed by atoms with Gasteiger partial charge < -0.3 is 5.43 Å². The highest BCUT2D eigenvalue weighted by atomic mass is 19.2. The number of nitrogens with two attached hydrogens (primary N) is 1. The van der Waals surface area contributed by atoms with Crippen LogP contribution in [-0.4, -0.2) is 4.98 Å². The number of rotatable bonds is 3. The molecule has 0 unspecified atom stereocenters. The molecule has 0 fully saturated rings. The van der Waals surface area contributed by atoms with E-state index in [9.17, 15) is 13.2 Å². The minimum atomic E-state index is -1.53. The van der Waals surface area contributed by atoms with Gasteiger partial charge in [0.25, 0.3) is 0 Å². The molecule has 0 atom stereocenters. The number of nitrogens with one attached hydrogen (secondary N) is 1. The number of benzene rings is 1. The Morgan fingerprint density at radius 3 is 2.47 bits per heavy atom. The Morgan fingerprint density at radius 2 is 1.89 bits per heavy atom. The van der Waals surface area contributed by atoms with Crippen molar-refractivity contribution >= 4 is 16.6 Å². The molecule has 0 radical (unpaired) electrons. The molecule has 0 amide bonds. The van der Waals surface area contributed by atoms with Crippen LogP contribution >= 0.6 is 0 Å². The summed E-state index contributed by atoms with van der Waals surface area (Å²) in [6.07, 6.45) is 0.630. The van der Waals surface area contributed by atoms with Crippen molar-refractivity contribution < 1.29 is 13.2 Å². The second-order valence-corrected chi connectivity index (χ2v) is 4.78. The quantitative estimate of drug-likeness (QED) is 0.511. The molecule has 1 heterocycles. The largest absolute Gasteiger partial charge is 0.323 e. The van der Waals surface area contributed by atoms with Crippen LogP contribution in [0.3, 0.4) is 0 Å². The summed E-state index contributed by atoms with van der Waals surface area (Å²) in [6, 6.07) is 2.42. The van der Waals surface area contributed by atoms with Crippen LogP contribution in [0.5, 0.6) is 0 Å². The van der Waals surface area contributed by atoms with Gasteiger partial charge in [-0.2, -0.15) is 0 Å². The molecule has 3 nitrogen and oxygen atoms in total. The molecule has 6 heteroatoms. The first-order valence-electron chi connectivity index (χ1n) is 5.87. The number of fused-ring (bicyclic) bond motifs is 1. The Kier molecular flexibility index (Phi) is 3.61. The normalized spacial score (nSPS) is 11.3. The van der Waals surface area contributed by atoms with E-state index in [0.717, 1.165) is 6.07 Å². The van der Waals surface area contributed by atoms with Gasteiger partial charge in [-0.15, -0.1) is 0 Å². The van der Waals surface area contributed by atoms with Gasteiger partial charge in [0.2, 0.25) is 0 Å². The third-order valence-corrected chi connectivity index (χ3v) is 2.76. The first-order valence-corrected chi connectivity index (χ1v) is 5.87. The van der Waals surface area contributed by atoms with Crippen molar-refractivity contribution in [2.75, 3.05) is 5.43 Å². The van der Waals surface area contributed by atoms with Gasteiger partial charge in [0.15, 0.2) is 17.5 Å². The van der Waals surface area contributed by atoms with Crippen LogP contribution in [0.2, 0.25) is 0 Å². The monoisotopic (exact) mass is 269 g/mol. The zero-order valence-corrected chi connectivity index (χ0v) is 10.6. The first kappa shape index (κ1) is 13.6. The molecule has 2 rings (SSSR count). The van der Waals surface area contributed by atoms with Gasteiger partial charge in [-0.05, 0) is 18.4 Å². The van der Waals surface area contributed by atoms with Gasteiger partial charge in [-0.3, -0.25) is 10.8 Å². The Bertz CT molecular complexity index is 626. The molecular formula is C13H14F3N3. The molecule has 0 aliphatic heterocycles. The Hall–Kier alpha value is -1.82. The summed E-state index contributed by atoms with van der Waals surface area (Å²) < 4.78 is 40.2. The highest BCUT2D eigenvalue weighted by Crippen LogP contribution is 2.29. The van der Waals surface area contributed by atoms with Crippen molar-refractivity contribution in [2.24, 2.45) is 11.8 Å². The van der Waals surface area contributed by atoms with Crippen molar-refractivity contribution in [1.29, 1.82) is 0 Å². The fourth-order valence-electron chi connectivity index (χ4n) is 1.99. The number of hydrogen-bond acceptors (Lipinski definition) is 3. The Morgan fingerprint density at radius 1 is 1.21 bits per heavy atom. The maximum atomic E-state index is 13.8. The number of aromatic nitrogens is 1. The summed E-state index contributed by atoms with van der Waals surface area (Å²) in [7, 11) is 0. The lowest BCUT2D eigenvalue weighted by Crippen LogP contribution is -2.10. The highest BCUT2D eigenvalue weighted by molar-refractivity contribution is 5.92. The summed E-state index contributed by atoms with van der Waals surface area (Å²) in [5, 5.41) is -0.145.